The van der Waals surface area contributed by atoms with Crippen LogP contribution in [0.25, 0.3) is 0 Å². The summed E-state index contributed by atoms with van der Waals surface area (Å²) in [6.07, 6.45) is 14.3. The largest absolute Gasteiger partial charge is 0.462 e. The van der Waals surface area contributed by atoms with Crippen molar-refractivity contribution in [1.29, 1.82) is 0 Å². The summed E-state index contributed by atoms with van der Waals surface area (Å²) < 4.78 is 5.39. The van der Waals surface area contributed by atoms with Crippen LogP contribution >= 0.6 is 39.1 Å². The van der Waals surface area contributed by atoms with Crippen LogP contribution in [-0.4, -0.2) is 29.1 Å². The Hall–Kier alpha value is -1.11. The SMILES string of the molecule is CCCCCCCCCCCCOC(=O)c1cc(NC(=O)C(Br)C(=O)C2(CC)CC2)c(Cl)cc1Cl. The highest BCUT2D eigenvalue weighted by Crippen LogP contribution is 2.51. The van der Waals surface area contributed by atoms with E-state index in [1.54, 1.807) is 0 Å². The molecular weight excluding hydrogens is 553 g/mol. The third kappa shape index (κ3) is 9.36. The average Bonchev–Trinajstić information content (AvgIpc) is 3.64. The molecule has 1 atom stereocenters. The highest BCUT2D eigenvalue weighted by atomic mass is 79.9. The maximum absolute atomic E-state index is 12.7. The number of hydrogen-bond acceptors (Lipinski definition) is 4. The van der Waals surface area contributed by atoms with Crippen LogP contribution < -0.4 is 5.32 Å². The van der Waals surface area contributed by atoms with Crippen molar-refractivity contribution >= 4 is 62.5 Å². The third-order valence-corrected chi connectivity index (χ3v) is 8.24. The van der Waals surface area contributed by atoms with Gasteiger partial charge in [0.2, 0.25) is 5.91 Å². The summed E-state index contributed by atoms with van der Waals surface area (Å²) in [4.78, 5) is 36.9. The number of nitrogens with one attached hydrogen (secondary N) is 1. The molecule has 0 saturated heterocycles. The molecule has 1 aromatic rings. The number of benzene rings is 1. The molecule has 0 spiro atoms. The monoisotopic (exact) mass is 589 g/mol. The third-order valence-electron chi connectivity index (χ3n) is 6.78. The summed E-state index contributed by atoms with van der Waals surface area (Å²) >= 11 is 15.7. The number of alkyl halides is 1. The Morgan fingerprint density at radius 1 is 0.943 bits per heavy atom. The zero-order chi connectivity index (χ0) is 25.8. The second-order valence-electron chi connectivity index (χ2n) is 9.48. The second kappa shape index (κ2) is 15.2. The quantitative estimate of drug-likeness (QED) is 0.0853. The number of carbonyl (C=O) groups excluding carboxylic acids is 3. The van der Waals surface area contributed by atoms with Gasteiger partial charge in [0.25, 0.3) is 0 Å². The Balaban J connectivity index is 1.79. The summed E-state index contributed by atoms with van der Waals surface area (Å²) in [5.41, 5.74) is -0.0625. The number of Topliss-reactive ketones (excluding diaryl/α,β-unsaturated/α-hetero) is 1. The molecule has 0 heterocycles. The lowest BCUT2D eigenvalue weighted by Gasteiger charge is -2.17. The lowest BCUT2D eigenvalue weighted by atomic mass is 9.95. The van der Waals surface area contributed by atoms with Gasteiger partial charge in [-0.3, -0.25) is 9.59 Å². The summed E-state index contributed by atoms with van der Waals surface area (Å²) in [5, 5.41) is 2.97. The molecule has 1 aliphatic carbocycles. The summed E-state index contributed by atoms with van der Waals surface area (Å²) in [7, 11) is 0. The van der Waals surface area contributed by atoms with Gasteiger partial charge >= 0.3 is 5.97 Å². The van der Waals surface area contributed by atoms with E-state index in [2.05, 4.69) is 28.2 Å². The molecule has 1 saturated carbocycles. The van der Waals surface area contributed by atoms with Crippen molar-refractivity contribution in [2.75, 3.05) is 11.9 Å². The van der Waals surface area contributed by atoms with Crippen molar-refractivity contribution in [2.45, 2.75) is 102 Å². The second-order valence-corrected chi connectivity index (χ2v) is 11.2. The van der Waals surface area contributed by atoms with Gasteiger partial charge in [0.15, 0.2) is 10.6 Å². The van der Waals surface area contributed by atoms with Crippen LogP contribution in [0.4, 0.5) is 5.69 Å². The molecule has 1 unspecified atom stereocenters. The van der Waals surface area contributed by atoms with Crippen LogP contribution in [0.5, 0.6) is 0 Å². The van der Waals surface area contributed by atoms with Crippen LogP contribution in [0, 0.1) is 5.41 Å². The van der Waals surface area contributed by atoms with E-state index >= 15 is 0 Å². The molecular formula is C27H38BrCl2NO4. The maximum Gasteiger partial charge on any atom is 0.339 e. The van der Waals surface area contributed by atoms with Gasteiger partial charge in [-0.2, -0.15) is 0 Å². The number of hydrogen-bond donors (Lipinski definition) is 1. The summed E-state index contributed by atoms with van der Waals surface area (Å²) in [6, 6.07) is 2.80. The molecule has 1 fully saturated rings. The van der Waals surface area contributed by atoms with Crippen molar-refractivity contribution in [3.63, 3.8) is 0 Å². The molecule has 0 bridgehead atoms. The van der Waals surface area contributed by atoms with Crippen molar-refractivity contribution in [3.8, 4) is 0 Å². The van der Waals surface area contributed by atoms with Gasteiger partial charge in [-0.1, -0.05) is 111 Å². The van der Waals surface area contributed by atoms with E-state index in [0.29, 0.717) is 13.0 Å². The van der Waals surface area contributed by atoms with E-state index in [-0.39, 0.29) is 27.1 Å². The maximum atomic E-state index is 12.7. The normalized spacial score (nSPS) is 14.9. The molecule has 8 heteroatoms. The number of ether oxygens (including phenoxy) is 1. The molecule has 2 rings (SSSR count). The predicted molar refractivity (Wildman–Crippen MR) is 147 cm³/mol. The van der Waals surface area contributed by atoms with Crippen molar-refractivity contribution < 1.29 is 19.1 Å². The van der Waals surface area contributed by atoms with Gasteiger partial charge in [-0.15, -0.1) is 0 Å². The molecule has 0 aromatic heterocycles. The fraction of sp³-hybridized carbons (Fsp3) is 0.667. The van der Waals surface area contributed by atoms with Crippen molar-refractivity contribution in [2.24, 2.45) is 5.41 Å². The number of rotatable bonds is 17. The highest BCUT2D eigenvalue weighted by Gasteiger charge is 2.51. The fourth-order valence-corrected chi connectivity index (χ4v) is 5.25. The number of halogens is 3. The smallest absolute Gasteiger partial charge is 0.339 e. The number of unbranched alkanes of at least 4 members (excludes halogenated alkanes) is 9. The number of ketones is 1. The zero-order valence-electron chi connectivity index (χ0n) is 20.9. The first-order valence-corrected chi connectivity index (χ1v) is 14.6. The number of anilines is 1. The number of esters is 1. The standard InChI is InChI=1S/C27H38BrCl2NO4/c1-3-5-6-7-8-9-10-11-12-13-16-35-26(34)19-17-22(21(30)18-20(19)29)31-25(33)23(28)24(32)27(4-2)14-15-27/h17-18,23H,3-16H2,1-2H3,(H,31,33). The lowest BCUT2D eigenvalue weighted by Crippen LogP contribution is -2.35. The van der Waals surface area contributed by atoms with E-state index in [1.807, 2.05) is 6.92 Å². The van der Waals surface area contributed by atoms with E-state index in [1.165, 1.54) is 57.1 Å². The van der Waals surface area contributed by atoms with Crippen LogP contribution in [0.3, 0.4) is 0 Å². The zero-order valence-corrected chi connectivity index (χ0v) is 24.0. The lowest BCUT2D eigenvalue weighted by molar-refractivity contribution is -0.128. The molecule has 1 amide bonds. The minimum absolute atomic E-state index is 0.126. The Labute approximate surface area is 228 Å². The Morgan fingerprint density at radius 3 is 2.06 bits per heavy atom. The van der Waals surface area contributed by atoms with Gasteiger partial charge in [0.05, 0.1) is 27.9 Å². The first-order chi connectivity index (χ1) is 16.8. The number of amides is 1. The van der Waals surface area contributed by atoms with Crippen molar-refractivity contribution in [1.82, 2.24) is 0 Å². The van der Waals surface area contributed by atoms with Gasteiger partial charge in [0, 0.05) is 5.41 Å². The fourth-order valence-electron chi connectivity index (χ4n) is 4.14. The molecule has 1 aromatic carbocycles. The summed E-state index contributed by atoms with van der Waals surface area (Å²) in [6.45, 7) is 4.49. The Bertz CT molecular complexity index is 873. The molecule has 0 radical (unpaired) electrons. The molecule has 196 valence electrons. The minimum atomic E-state index is -0.983. The van der Waals surface area contributed by atoms with E-state index in [4.69, 9.17) is 27.9 Å². The average molecular weight is 591 g/mol. The van der Waals surface area contributed by atoms with Gasteiger partial charge in [-0.05, 0) is 37.8 Å². The van der Waals surface area contributed by atoms with Gasteiger partial charge in [-0.25, -0.2) is 4.79 Å². The Kier molecular flexibility index (Phi) is 13.1. The van der Waals surface area contributed by atoms with Gasteiger partial charge < -0.3 is 10.1 Å². The first-order valence-electron chi connectivity index (χ1n) is 12.9. The minimum Gasteiger partial charge on any atom is -0.462 e. The first kappa shape index (κ1) is 30.1. The van der Waals surface area contributed by atoms with Crippen LogP contribution in [0.1, 0.15) is 108 Å². The van der Waals surface area contributed by atoms with Crippen LogP contribution in [0.2, 0.25) is 10.0 Å². The molecule has 5 nitrogen and oxygen atoms in total. The molecule has 0 aliphatic heterocycles. The Morgan fingerprint density at radius 2 is 1.51 bits per heavy atom. The topological polar surface area (TPSA) is 72.5 Å². The van der Waals surface area contributed by atoms with Crippen LogP contribution in [0.15, 0.2) is 12.1 Å². The van der Waals surface area contributed by atoms with Crippen molar-refractivity contribution in [3.05, 3.63) is 27.7 Å². The molecule has 35 heavy (non-hydrogen) atoms. The summed E-state index contributed by atoms with van der Waals surface area (Å²) in [5.74, 6) is -1.21. The van der Waals surface area contributed by atoms with Gasteiger partial charge in [0.1, 0.15) is 0 Å². The highest BCUT2D eigenvalue weighted by molar-refractivity contribution is 9.10. The van der Waals surface area contributed by atoms with Crippen LogP contribution in [-0.2, 0) is 14.3 Å². The van der Waals surface area contributed by atoms with E-state index < -0.39 is 22.1 Å². The number of carbonyl (C=O) groups is 3. The van der Waals surface area contributed by atoms with E-state index in [9.17, 15) is 14.4 Å². The molecule has 1 aliphatic rings. The molecule has 1 N–H and O–H groups in total. The predicted octanol–water partition coefficient (Wildman–Crippen LogP) is 8.53. The van der Waals surface area contributed by atoms with E-state index in [0.717, 1.165) is 32.1 Å².